The van der Waals surface area contributed by atoms with E-state index < -0.39 is 0 Å². The summed E-state index contributed by atoms with van der Waals surface area (Å²) in [5.41, 5.74) is 5.46. The van der Waals surface area contributed by atoms with Gasteiger partial charge in [0.2, 0.25) is 0 Å². The highest BCUT2D eigenvalue weighted by atomic mass is 19.1. The first kappa shape index (κ1) is 19.9. The molecule has 4 aromatic rings. The van der Waals surface area contributed by atoms with E-state index in [0.717, 1.165) is 47.8 Å². The molecule has 2 aliphatic rings. The maximum Gasteiger partial charge on any atom is 0.254 e. The fourth-order valence-electron chi connectivity index (χ4n) is 4.79. The van der Waals surface area contributed by atoms with Crippen molar-refractivity contribution in [2.45, 2.75) is 25.9 Å². The molecule has 0 radical (unpaired) electrons. The van der Waals surface area contributed by atoms with Crippen molar-refractivity contribution < 1.29 is 9.18 Å². The molecule has 1 amide bonds. The Morgan fingerprint density at radius 2 is 2.00 bits per heavy atom. The van der Waals surface area contributed by atoms with E-state index in [9.17, 15) is 9.18 Å². The number of hydrogen-bond donors (Lipinski definition) is 2. The fraction of sp³-hybridized carbons (Fsp3) is 0.240. The number of nitrogens with one attached hydrogen (secondary N) is 2. The molecule has 8 heteroatoms. The standard InChI is InChI=1S/C25H23FN6O/c26-16-8-11-32-21(14-27-23(32)12-16)18-6-7-20(24-19(18)13-28-25(24)33)30-22-5-3-4-17(29-22)15-31-9-1-2-10-31/h3-8,11-12,14H,1-2,9-10,13,15H2,(H,28,33)(H,29,30). The molecule has 0 bridgehead atoms. The van der Waals surface area contributed by atoms with E-state index in [4.69, 9.17) is 4.98 Å². The van der Waals surface area contributed by atoms with Crippen molar-refractivity contribution >= 4 is 23.1 Å². The normalized spacial score (nSPS) is 15.7. The van der Waals surface area contributed by atoms with Crippen molar-refractivity contribution in [3.8, 4) is 11.3 Å². The zero-order valence-corrected chi connectivity index (χ0v) is 18.0. The third-order valence-electron chi connectivity index (χ3n) is 6.37. The monoisotopic (exact) mass is 442 g/mol. The Hall–Kier alpha value is -3.78. The summed E-state index contributed by atoms with van der Waals surface area (Å²) in [6.07, 6.45) is 5.86. The number of aromatic nitrogens is 3. The van der Waals surface area contributed by atoms with Crippen molar-refractivity contribution in [2.24, 2.45) is 0 Å². The van der Waals surface area contributed by atoms with Crippen molar-refractivity contribution in [2.75, 3.05) is 18.4 Å². The summed E-state index contributed by atoms with van der Waals surface area (Å²) in [4.78, 5) is 24.3. The fourth-order valence-corrected chi connectivity index (χ4v) is 4.79. The van der Waals surface area contributed by atoms with Crippen LogP contribution >= 0.6 is 0 Å². The van der Waals surface area contributed by atoms with E-state index in [2.05, 4.69) is 20.5 Å². The quantitative estimate of drug-likeness (QED) is 0.486. The van der Waals surface area contributed by atoms with E-state index in [1.165, 1.54) is 25.0 Å². The van der Waals surface area contributed by atoms with Crippen molar-refractivity contribution in [1.29, 1.82) is 0 Å². The van der Waals surface area contributed by atoms with Gasteiger partial charge in [-0.1, -0.05) is 12.1 Å². The second kappa shape index (κ2) is 7.97. The molecule has 3 aromatic heterocycles. The second-order valence-corrected chi connectivity index (χ2v) is 8.54. The highest BCUT2D eigenvalue weighted by Crippen LogP contribution is 2.35. The average molecular weight is 442 g/mol. The Morgan fingerprint density at radius 3 is 2.88 bits per heavy atom. The van der Waals surface area contributed by atoms with Crippen LogP contribution in [0, 0.1) is 5.82 Å². The highest BCUT2D eigenvalue weighted by Gasteiger charge is 2.27. The van der Waals surface area contributed by atoms with Crippen LogP contribution in [0.2, 0.25) is 0 Å². The summed E-state index contributed by atoms with van der Waals surface area (Å²) in [7, 11) is 0. The zero-order valence-electron chi connectivity index (χ0n) is 18.0. The average Bonchev–Trinajstić information content (AvgIpc) is 3.55. The van der Waals surface area contributed by atoms with Crippen LogP contribution in [0.3, 0.4) is 0 Å². The lowest BCUT2D eigenvalue weighted by molar-refractivity contribution is 0.0966. The van der Waals surface area contributed by atoms with Gasteiger partial charge in [0.1, 0.15) is 17.3 Å². The number of fused-ring (bicyclic) bond motifs is 2. The number of carbonyl (C=O) groups excluding carboxylic acids is 1. The molecule has 1 fully saturated rings. The Balaban J connectivity index is 1.35. The Labute approximate surface area is 190 Å². The van der Waals surface area contributed by atoms with Crippen LogP contribution in [0.25, 0.3) is 16.9 Å². The minimum absolute atomic E-state index is 0.123. The maximum atomic E-state index is 13.6. The number of benzene rings is 1. The molecule has 2 N–H and O–H groups in total. The maximum absolute atomic E-state index is 13.6. The van der Waals surface area contributed by atoms with Crippen LogP contribution in [0.15, 0.2) is 54.9 Å². The molecule has 33 heavy (non-hydrogen) atoms. The van der Waals surface area contributed by atoms with E-state index in [-0.39, 0.29) is 11.7 Å². The Bertz CT molecular complexity index is 1370. The van der Waals surface area contributed by atoms with E-state index in [0.29, 0.717) is 23.6 Å². The Kier molecular flexibility index (Phi) is 4.80. The van der Waals surface area contributed by atoms with Crippen molar-refractivity contribution in [1.82, 2.24) is 24.6 Å². The molecule has 0 atom stereocenters. The summed E-state index contributed by atoms with van der Waals surface area (Å²) in [6, 6.07) is 12.6. The largest absolute Gasteiger partial charge is 0.348 e. The van der Waals surface area contributed by atoms with Gasteiger partial charge in [0.15, 0.2) is 0 Å². The number of imidazole rings is 1. The summed E-state index contributed by atoms with van der Waals surface area (Å²) in [6.45, 7) is 3.49. The topological polar surface area (TPSA) is 74.6 Å². The van der Waals surface area contributed by atoms with E-state index >= 15 is 0 Å². The van der Waals surface area contributed by atoms with Gasteiger partial charge in [-0.3, -0.25) is 14.1 Å². The number of amides is 1. The number of rotatable bonds is 5. The molecule has 2 aliphatic heterocycles. The van der Waals surface area contributed by atoms with Crippen LogP contribution in [-0.2, 0) is 13.1 Å². The molecule has 0 spiro atoms. The summed E-state index contributed by atoms with van der Waals surface area (Å²) in [5, 5.41) is 6.29. The van der Waals surface area contributed by atoms with Gasteiger partial charge in [-0.25, -0.2) is 14.4 Å². The smallest absolute Gasteiger partial charge is 0.254 e. The second-order valence-electron chi connectivity index (χ2n) is 8.54. The molecule has 5 heterocycles. The molecule has 7 nitrogen and oxygen atoms in total. The van der Waals surface area contributed by atoms with Gasteiger partial charge in [-0.15, -0.1) is 0 Å². The number of halogens is 1. The van der Waals surface area contributed by atoms with E-state index in [1.807, 2.05) is 34.7 Å². The Morgan fingerprint density at radius 1 is 1.12 bits per heavy atom. The van der Waals surface area contributed by atoms with Gasteiger partial charge in [0.25, 0.3) is 5.91 Å². The van der Waals surface area contributed by atoms with Crippen LogP contribution in [-0.4, -0.2) is 38.3 Å². The molecule has 6 rings (SSSR count). The number of nitrogens with zero attached hydrogens (tertiary/aromatic N) is 4. The lowest BCUT2D eigenvalue weighted by Crippen LogP contribution is -2.19. The van der Waals surface area contributed by atoms with Crippen LogP contribution in [0.4, 0.5) is 15.9 Å². The molecule has 1 aromatic carbocycles. The zero-order chi connectivity index (χ0) is 22.4. The number of likely N-dealkylation sites (tertiary alicyclic amines) is 1. The van der Waals surface area contributed by atoms with Gasteiger partial charge < -0.3 is 10.6 Å². The first-order valence-corrected chi connectivity index (χ1v) is 11.2. The number of hydrogen-bond acceptors (Lipinski definition) is 5. The first-order chi connectivity index (χ1) is 16.2. The molecule has 0 aliphatic carbocycles. The lowest BCUT2D eigenvalue weighted by Gasteiger charge is -2.16. The number of pyridine rings is 2. The lowest BCUT2D eigenvalue weighted by atomic mass is 9.99. The minimum atomic E-state index is -0.333. The number of anilines is 2. The van der Waals surface area contributed by atoms with Gasteiger partial charge >= 0.3 is 0 Å². The first-order valence-electron chi connectivity index (χ1n) is 11.2. The van der Waals surface area contributed by atoms with Crippen LogP contribution < -0.4 is 10.6 Å². The molecular formula is C25H23FN6O. The van der Waals surface area contributed by atoms with Crippen molar-refractivity contribution in [3.05, 3.63) is 77.5 Å². The molecular weight excluding hydrogens is 419 g/mol. The minimum Gasteiger partial charge on any atom is -0.348 e. The van der Waals surface area contributed by atoms with Gasteiger partial charge in [0, 0.05) is 30.9 Å². The summed E-state index contributed by atoms with van der Waals surface area (Å²) in [5.74, 6) is 0.259. The molecule has 0 unspecified atom stereocenters. The van der Waals surface area contributed by atoms with Crippen LogP contribution in [0.5, 0.6) is 0 Å². The predicted octanol–water partition coefficient (Wildman–Crippen LogP) is 4.12. The predicted molar refractivity (Wildman–Crippen MR) is 124 cm³/mol. The summed E-state index contributed by atoms with van der Waals surface area (Å²) < 4.78 is 15.4. The number of carbonyl (C=O) groups is 1. The SMILES string of the molecule is O=C1NCc2c(-c3cnc4cc(F)ccn34)ccc(Nc3cccc(CN4CCCC4)n3)c21. The molecule has 166 valence electrons. The third-order valence-corrected chi connectivity index (χ3v) is 6.37. The van der Waals surface area contributed by atoms with Gasteiger partial charge in [-0.05, 0) is 55.8 Å². The molecule has 1 saturated heterocycles. The van der Waals surface area contributed by atoms with Gasteiger partial charge in [0.05, 0.1) is 28.8 Å². The highest BCUT2D eigenvalue weighted by molar-refractivity contribution is 6.06. The third kappa shape index (κ3) is 3.62. The van der Waals surface area contributed by atoms with Crippen LogP contribution in [0.1, 0.15) is 34.5 Å². The van der Waals surface area contributed by atoms with Crippen molar-refractivity contribution in [3.63, 3.8) is 0 Å². The van der Waals surface area contributed by atoms with Gasteiger partial charge in [-0.2, -0.15) is 0 Å². The molecule has 0 saturated carbocycles. The van der Waals surface area contributed by atoms with E-state index in [1.54, 1.807) is 12.4 Å². The summed E-state index contributed by atoms with van der Waals surface area (Å²) >= 11 is 0.